The summed E-state index contributed by atoms with van der Waals surface area (Å²) >= 11 is 0. The van der Waals surface area contributed by atoms with E-state index in [2.05, 4.69) is 4.98 Å². The van der Waals surface area contributed by atoms with Crippen molar-refractivity contribution in [1.29, 1.82) is 0 Å². The number of ketones is 1. The van der Waals surface area contributed by atoms with Gasteiger partial charge in [-0.05, 0) is 23.8 Å². The molecule has 2 rings (SSSR count). The molecule has 1 heterocycles. The van der Waals surface area contributed by atoms with Crippen LogP contribution < -0.4 is 0 Å². The SMILES string of the molecule is O=C(O)C(C(=O)O)C(=O)c1cc(-c2cccnc2)ccc1S(=O)(=O)C(F)(F)F. The highest BCUT2D eigenvalue weighted by molar-refractivity contribution is 7.92. The topological polar surface area (TPSA) is 139 Å². The van der Waals surface area contributed by atoms with Crippen molar-refractivity contribution < 1.29 is 46.2 Å². The zero-order chi connectivity index (χ0) is 21.3. The van der Waals surface area contributed by atoms with Crippen LogP contribution in [0.15, 0.2) is 47.6 Å². The summed E-state index contributed by atoms with van der Waals surface area (Å²) in [5, 5.41) is 17.9. The smallest absolute Gasteiger partial charge is 0.480 e. The quantitative estimate of drug-likeness (QED) is 0.538. The molecule has 12 heteroatoms. The van der Waals surface area contributed by atoms with Crippen LogP contribution in [0.1, 0.15) is 10.4 Å². The maximum absolute atomic E-state index is 13.0. The number of pyridine rings is 1. The highest BCUT2D eigenvalue weighted by Gasteiger charge is 2.49. The Labute approximate surface area is 155 Å². The number of carboxylic acids is 2. The van der Waals surface area contributed by atoms with Crippen molar-refractivity contribution in [3.63, 3.8) is 0 Å². The predicted molar refractivity (Wildman–Crippen MR) is 86.0 cm³/mol. The summed E-state index contributed by atoms with van der Waals surface area (Å²) < 4.78 is 62.5. The Morgan fingerprint density at radius 1 is 1.00 bits per heavy atom. The first-order chi connectivity index (χ1) is 12.9. The van der Waals surface area contributed by atoms with Crippen molar-refractivity contribution in [2.24, 2.45) is 5.92 Å². The molecule has 0 radical (unpaired) electrons. The molecule has 0 atom stereocenters. The van der Waals surface area contributed by atoms with Crippen molar-refractivity contribution >= 4 is 27.6 Å². The lowest BCUT2D eigenvalue weighted by atomic mass is 9.95. The fourth-order valence-electron chi connectivity index (χ4n) is 2.28. The summed E-state index contributed by atoms with van der Waals surface area (Å²) in [7, 11) is -6.06. The molecule has 1 aromatic heterocycles. The van der Waals surface area contributed by atoms with Crippen LogP contribution in [-0.2, 0) is 19.4 Å². The maximum atomic E-state index is 13.0. The number of alkyl halides is 3. The van der Waals surface area contributed by atoms with Gasteiger partial charge in [0.25, 0.3) is 9.84 Å². The first-order valence-corrected chi connectivity index (χ1v) is 8.72. The molecule has 0 aliphatic heterocycles. The fraction of sp³-hybridized carbons (Fsp3) is 0.125. The second kappa shape index (κ2) is 7.38. The Kier molecular flexibility index (Phi) is 5.54. The number of hydrogen-bond acceptors (Lipinski definition) is 6. The van der Waals surface area contributed by atoms with E-state index < -0.39 is 49.4 Å². The monoisotopic (exact) mass is 417 g/mol. The molecule has 0 spiro atoms. The van der Waals surface area contributed by atoms with Gasteiger partial charge < -0.3 is 10.2 Å². The molecule has 8 nitrogen and oxygen atoms in total. The minimum absolute atomic E-state index is 0.0344. The number of carbonyl (C=O) groups excluding carboxylic acids is 1. The summed E-state index contributed by atoms with van der Waals surface area (Å²) in [4.78, 5) is 36.8. The Morgan fingerprint density at radius 2 is 1.61 bits per heavy atom. The average Bonchev–Trinajstić information content (AvgIpc) is 2.60. The van der Waals surface area contributed by atoms with Gasteiger partial charge in [0.15, 0.2) is 5.78 Å². The van der Waals surface area contributed by atoms with Gasteiger partial charge in [0.1, 0.15) is 0 Å². The lowest BCUT2D eigenvalue weighted by Gasteiger charge is -2.15. The number of carbonyl (C=O) groups is 3. The molecule has 0 saturated heterocycles. The third-order valence-electron chi connectivity index (χ3n) is 3.59. The molecule has 2 aromatic rings. The highest BCUT2D eigenvalue weighted by atomic mass is 32.2. The van der Waals surface area contributed by atoms with Crippen LogP contribution in [0.3, 0.4) is 0 Å². The molecule has 0 fully saturated rings. The van der Waals surface area contributed by atoms with Gasteiger partial charge >= 0.3 is 17.4 Å². The standard InChI is InChI=1S/C16H10F3NO7S/c17-16(18,19)28(26,27)11-4-3-8(9-2-1-5-20-7-9)6-10(11)13(21)12(14(22)23)15(24)25/h1-7,12H,(H,22,23)(H,24,25). The highest BCUT2D eigenvalue weighted by Crippen LogP contribution is 2.35. The van der Waals surface area contributed by atoms with Gasteiger partial charge in [-0.2, -0.15) is 13.2 Å². The Hall–Kier alpha value is -3.28. The van der Waals surface area contributed by atoms with Gasteiger partial charge in [0, 0.05) is 23.5 Å². The van der Waals surface area contributed by atoms with Crippen LogP contribution in [0.2, 0.25) is 0 Å². The summed E-state index contributed by atoms with van der Waals surface area (Å²) in [6, 6.07) is 5.02. The molecule has 0 amide bonds. The Balaban J connectivity index is 2.79. The Morgan fingerprint density at radius 3 is 2.07 bits per heavy atom. The third kappa shape index (κ3) is 3.86. The van der Waals surface area contributed by atoms with Gasteiger partial charge in [-0.25, -0.2) is 8.42 Å². The Bertz CT molecular complexity index is 1040. The van der Waals surface area contributed by atoms with Crippen molar-refractivity contribution in [3.05, 3.63) is 48.3 Å². The van der Waals surface area contributed by atoms with E-state index in [9.17, 15) is 36.0 Å². The molecule has 0 unspecified atom stereocenters. The lowest BCUT2D eigenvalue weighted by Crippen LogP contribution is -2.33. The molecule has 0 aliphatic rings. The number of nitrogens with zero attached hydrogens (tertiary/aromatic N) is 1. The summed E-state index contributed by atoms with van der Waals surface area (Å²) in [5.41, 5.74) is -6.69. The lowest BCUT2D eigenvalue weighted by molar-refractivity contribution is -0.151. The van der Waals surface area contributed by atoms with E-state index in [-0.39, 0.29) is 11.1 Å². The minimum Gasteiger partial charge on any atom is -0.480 e. The number of benzene rings is 1. The first kappa shape index (κ1) is 21.0. The van der Waals surface area contributed by atoms with Crippen molar-refractivity contribution in [1.82, 2.24) is 4.98 Å². The number of rotatable bonds is 6. The van der Waals surface area contributed by atoms with Crippen LogP contribution in [0.4, 0.5) is 13.2 Å². The molecule has 148 valence electrons. The number of halogens is 3. The van der Waals surface area contributed by atoms with Crippen LogP contribution >= 0.6 is 0 Å². The minimum atomic E-state index is -6.06. The number of carboxylic acid groups (broad SMARTS) is 2. The molecular weight excluding hydrogens is 407 g/mol. The summed E-state index contributed by atoms with van der Waals surface area (Å²) in [5.74, 6) is -8.90. The van der Waals surface area contributed by atoms with Crippen LogP contribution in [0.5, 0.6) is 0 Å². The van der Waals surface area contributed by atoms with E-state index in [1.165, 1.54) is 24.5 Å². The normalized spacial score (nSPS) is 12.0. The predicted octanol–water partition coefficient (Wildman–Crippen LogP) is 2.01. The zero-order valence-corrected chi connectivity index (χ0v) is 14.4. The van der Waals surface area contributed by atoms with Gasteiger partial charge in [-0.3, -0.25) is 19.4 Å². The molecule has 28 heavy (non-hydrogen) atoms. The van der Waals surface area contributed by atoms with E-state index in [1.54, 1.807) is 0 Å². The van der Waals surface area contributed by atoms with Crippen LogP contribution in [0.25, 0.3) is 11.1 Å². The van der Waals surface area contributed by atoms with Gasteiger partial charge in [-0.15, -0.1) is 0 Å². The van der Waals surface area contributed by atoms with Crippen molar-refractivity contribution in [3.8, 4) is 11.1 Å². The van der Waals surface area contributed by atoms with Crippen LogP contribution in [0, 0.1) is 5.92 Å². The van der Waals surface area contributed by atoms with Gasteiger partial charge in [0.2, 0.25) is 5.92 Å². The number of aromatic nitrogens is 1. The maximum Gasteiger partial charge on any atom is 0.501 e. The second-order valence-electron chi connectivity index (χ2n) is 5.38. The molecule has 0 aliphatic carbocycles. The largest absolute Gasteiger partial charge is 0.501 e. The first-order valence-electron chi connectivity index (χ1n) is 7.23. The summed E-state index contributed by atoms with van der Waals surface area (Å²) in [6.07, 6.45) is 2.64. The molecule has 1 aromatic carbocycles. The zero-order valence-electron chi connectivity index (χ0n) is 13.5. The molecule has 0 bridgehead atoms. The fourth-order valence-corrected chi connectivity index (χ4v) is 3.23. The third-order valence-corrected chi connectivity index (χ3v) is 5.13. The van der Waals surface area contributed by atoms with Crippen molar-refractivity contribution in [2.75, 3.05) is 0 Å². The average molecular weight is 417 g/mol. The summed E-state index contributed by atoms with van der Waals surface area (Å²) in [6.45, 7) is 0. The number of Topliss-reactive ketones (excluding diaryl/α,β-unsaturated/α-hetero) is 1. The van der Waals surface area contributed by atoms with E-state index >= 15 is 0 Å². The van der Waals surface area contributed by atoms with Crippen LogP contribution in [-0.4, -0.2) is 46.8 Å². The van der Waals surface area contributed by atoms with E-state index in [0.717, 1.165) is 6.07 Å². The second-order valence-corrected chi connectivity index (χ2v) is 7.29. The molecular formula is C16H10F3NO7S. The number of hydrogen-bond donors (Lipinski definition) is 2. The molecule has 0 saturated carbocycles. The molecule has 2 N–H and O–H groups in total. The van der Waals surface area contributed by atoms with E-state index in [1.807, 2.05) is 0 Å². The van der Waals surface area contributed by atoms with Crippen molar-refractivity contribution in [2.45, 2.75) is 10.4 Å². The van der Waals surface area contributed by atoms with E-state index in [4.69, 9.17) is 10.2 Å². The van der Waals surface area contributed by atoms with Gasteiger partial charge in [-0.1, -0.05) is 12.1 Å². The van der Waals surface area contributed by atoms with E-state index in [0.29, 0.717) is 12.1 Å². The number of aliphatic carboxylic acids is 2. The number of sulfone groups is 1. The van der Waals surface area contributed by atoms with Gasteiger partial charge in [0.05, 0.1) is 4.90 Å².